The Morgan fingerprint density at radius 3 is 2.48 bits per heavy atom. The summed E-state index contributed by atoms with van der Waals surface area (Å²) < 4.78 is 5.64. The first-order valence-electron chi connectivity index (χ1n) is 9.20. The topological polar surface area (TPSA) is 65.0 Å². The smallest absolute Gasteiger partial charge is 0.234 e. The molecule has 1 atom stereocenters. The summed E-state index contributed by atoms with van der Waals surface area (Å²) in [7, 11) is 0. The molecule has 0 radical (unpaired) electrons. The lowest BCUT2D eigenvalue weighted by Gasteiger charge is -2.35. The van der Waals surface area contributed by atoms with Crippen molar-refractivity contribution in [3.05, 3.63) is 29.8 Å². The lowest BCUT2D eigenvalue weighted by Crippen LogP contribution is -2.51. The van der Waals surface area contributed by atoms with Crippen LogP contribution in [0.25, 0.3) is 0 Å². The Hall–Kier alpha value is -1.63. The summed E-state index contributed by atoms with van der Waals surface area (Å²) in [5.74, 6) is 0.929. The number of carbonyl (C=O) groups excluding carboxylic acids is 1. The second kappa shape index (κ2) is 8.65. The monoisotopic (exact) mass is 347 g/mol. The molecule has 0 spiro atoms. The molecule has 2 N–H and O–H groups in total. The minimum absolute atomic E-state index is 0.141. The fraction of sp³-hybridized carbons (Fsp3) is 0.632. The molecule has 138 valence electrons. The maximum Gasteiger partial charge on any atom is 0.234 e. The molecule has 25 heavy (non-hydrogen) atoms. The Labute approximate surface area is 149 Å². The summed E-state index contributed by atoms with van der Waals surface area (Å²) in [5, 5.41) is 13.2. The van der Waals surface area contributed by atoms with Crippen LogP contribution < -0.4 is 10.1 Å². The van der Waals surface area contributed by atoms with E-state index in [4.69, 9.17) is 4.74 Å². The van der Waals surface area contributed by atoms with Crippen LogP contribution in [0.3, 0.4) is 0 Å². The quantitative estimate of drug-likeness (QED) is 0.722. The fourth-order valence-corrected chi connectivity index (χ4v) is 3.01. The van der Waals surface area contributed by atoms with Gasteiger partial charge in [0.1, 0.15) is 18.5 Å². The second-order valence-electron chi connectivity index (χ2n) is 7.20. The molecule has 1 saturated carbocycles. The number of β-amino-alcohol motifs (C(OH)–C–C–N with tert-alkyl or cyclic N) is 1. The summed E-state index contributed by atoms with van der Waals surface area (Å²) in [6, 6.07) is 8.28. The van der Waals surface area contributed by atoms with Crippen LogP contribution in [0.1, 0.15) is 18.4 Å². The van der Waals surface area contributed by atoms with Gasteiger partial charge < -0.3 is 15.2 Å². The summed E-state index contributed by atoms with van der Waals surface area (Å²) in [6.45, 7) is 6.90. The summed E-state index contributed by atoms with van der Waals surface area (Å²) in [6.07, 6.45) is 1.75. The highest BCUT2D eigenvalue weighted by Crippen LogP contribution is 2.18. The van der Waals surface area contributed by atoms with Crippen LogP contribution >= 0.6 is 0 Å². The van der Waals surface area contributed by atoms with Gasteiger partial charge in [-0.3, -0.25) is 14.6 Å². The lowest BCUT2D eigenvalue weighted by molar-refractivity contribution is -0.122. The van der Waals surface area contributed by atoms with Gasteiger partial charge in [0.25, 0.3) is 0 Å². The number of nitrogens with zero attached hydrogens (tertiary/aromatic N) is 2. The zero-order chi connectivity index (χ0) is 17.6. The molecule has 1 unspecified atom stereocenters. The summed E-state index contributed by atoms with van der Waals surface area (Å²) in [4.78, 5) is 16.3. The SMILES string of the molecule is Cc1ccc(OCC(O)CN2CCN(CC(=O)NC3CC3)CC2)cc1. The highest BCUT2D eigenvalue weighted by molar-refractivity contribution is 5.78. The van der Waals surface area contributed by atoms with Gasteiger partial charge in [0, 0.05) is 38.8 Å². The second-order valence-corrected chi connectivity index (χ2v) is 7.20. The Morgan fingerprint density at radius 1 is 1.20 bits per heavy atom. The minimum atomic E-state index is -0.508. The van der Waals surface area contributed by atoms with Gasteiger partial charge in [-0.2, -0.15) is 0 Å². The standard InChI is InChI=1S/C19H29N3O3/c1-15-2-6-18(7-3-15)25-14-17(23)12-21-8-10-22(11-9-21)13-19(24)20-16-4-5-16/h2-3,6-7,16-17,23H,4-5,8-14H2,1H3,(H,20,24). The first-order chi connectivity index (χ1) is 12.1. The Morgan fingerprint density at radius 2 is 1.84 bits per heavy atom. The number of nitrogens with one attached hydrogen (secondary N) is 1. The van der Waals surface area contributed by atoms with Crippen molar-refractivity contribution in [3.63, 3.8) is 0 Å². The van der Waals surface area contributed by atoms with Gasteiger partial charge in [-0.1, -0.05) is 17.7 Å². The first kappa shape index (κ1) is 18.2. The average Bonchev–Trinajstić information content (AvgIpc) is 3.40. The van der Waals surface area contributed by atoms with E-state index in [1.165, 1.54) is 5.56 Å². The van der Waals surface area contributed by atoms with Crippen molar-refractivity contribution in [2.45, 2.75) is 31.9 Å². The van der Waals surface area contributed by atoms with E-state index in [1.807, 2.05) is 31.2 Å². The van der Waals surface area contributed by atoms with Crippen LogP contribution in [0, 0.1) is 6.92 Å². The van der Waals surface area contributed by atoms with Gasteiger partial charge in [0.05, 0.1) is 6.54 Å². The molecular weight excluding hydrogens is 318 g/mol. The van der Waals surface area contributed by atoms with E-state index >= 15 is 0 Å². The van der Waals surface area contributed by atoms with E-state index in [2.05, 4.69) is 15.1 Å². The maximum absolute atomic E-state index is 11.8. The first-order valence-corrected chi connectivity index (χ1v) is 9.20. The molecule has 1 aliphatic carbocycles. The van der Waals surface area contributed by atoms with Crippen molar-refractivity contribution >= 4 is 5.91 Å². The number of aryl methyl sites for hydroxylation is 1. The fourth-order valence-electron chi connectivity index (χ4n) is 3.01. The van der Waals surface area contributed by atoms with E-state index in [-0.39, 0.29) is 5.91 Å². The zero-order valence-electron chi connectivity index (χ0n) is 15.0. The highest BCUT2D eigenvalue weighted by Gasteiger charge is 2.25. The van der Waals surface area contributed by atoms with E-state index in [0.717, 1.165) is 44.8 Å². The number of hydrogen-bond acceptors (Lipinski definition) is 5. The van der Waals surface area contributed by atoms with Crippen LogP contribution in [0.5, 0.6) is 5.75 Å². The molecule has 1 aromatic rings. The molecular formula is C19H29N3O3. The Kier molecular flexibility index (Phi) is 6.29. The van der Waals surface area contributed by atoms with Crippen LogP contribution in [-0.4, -0.2) is 78.8 Å². The molecule has 2 fully saturated rings. The number of amides is 1. The van der Waals surface area contributed by atoms with Crippen molar-refractivity contribution in [1.82, 2.24) is 15.1 Å². The third-order valence-corrected chi connectivity index (χ3v) is 4.71. The molecule has 2 aliphatic rings. The van der Waals surface area contributed by atoms with Crippen LogP contribution in [-0.2, 0) is 4.79 Å². The predicted octanol–water partition coefficient (Wildman–Crippen LogP) is 0.631. The molecule has 1 saturated heterocycles. The van der Waals surface area contributed by atoms with Crippen molar-refractivity contribution < 1.29 is 14.6 Å². The van der Waals surface area contributed by atoms with Crippen LogP contribution in [0.15, 0.2) is 24.3 Å². The molecule has 0 bridgehead atoms. The maximum atomic E-state index is 11.8. The van der Waals surface area contributed by atoms with Crippen molar-refractivity contribution in [1.29, 1.82) is 0 Å². The number of piperazine rings is 1. The molecule has 1 heterocycles. The van der Waals surface area contributed by atoms with Gasteiger partial charge in [-0.25, -0.2) is 0 Å². The number of aliphatic hydroxyl groups excluding tert-OH is 1. The molecule has 6 heteroatoms. The summed E-state index contributed by atoms with van der Waals surface area (Å²) in [5.41, 5.74) is 1.19. The number of ether oxygens (including phenoxy) is 1. The largest absolute Gasteiger partial charge is 0.491 e. The van der Waals surface area contributed by atoms with Crippen molar-refractivity contribution in [3.8, 4) is 5.75 Å². The normalized spacial score (nSPS) is 20.2. The highest BCUT2D eigenvalue weighted by atomic mass is 16.5. The van der Waals surface area contributed by atoms with Gasteiger partial charge >= 0.3 is 0 Å². The van der Waals surface area contributed by atoms with Crippen molar-refractivity contribution in [2.75, 3.05) is 45.9 Å². The third-order valence-electron chi connectivity index (χ3n) is 4.71. The molecule has 1 aliphatic heterocycles. The Bertz CT molecular complexity index is 552. The predicted molar refractivity (Wildman–Crippen MR) is 96.7 cm³/mol. The van der Waals surface area contributed by atoms with E-state index in [0.29, 0.717) is 25.7 Å². The zero-order valence-corrected chi connectivity index (χ0v) is 15.0. The number of benzene rings is 1. The number of aliphatic hydroxyl groups is 1. The van der Waals surface area contributed by atoms with E-state index < -0.39 is 6.10 Å². The van der Waals surface area contributed by atoms with Crippen LogP contribution in [0.2, 0.25) is 0 Å². The molecule has 0 aromatic heterocycles. The molecule has 3 rings (SSSR count). The van der Waals surface area contributed by atoms with Gasteiger partial charge in [0.15, 0.2) is 0 Å². The van der Waals surface area contributed by atoms with E-state index in [1.54, 1.807) is 0 Å². The van der Waals surface area contributed by atoms with Crippen LogP contribution in [0.4, 0.5) is 0 Å². The average molecular weight is 347 g/mol. The van der Waals surface area contributed by atoms with Gasteiger partial charge in [-0.15, -0.1) is 0 Å². The lowest BCUT2D eigenvalue weighted by atomic mass is 10.2. The molecule has 1 aromatic carbocycles. The van der Waals surface area contributed by atoms with Gasteiger partial charge in [0.2, 0.25) is 5.91 Å². The molecule has 6 nitrogen and oxygen atoms in total. The Balaban J connectivity index is 1.31. The van der Waals surface area contributed by atoms with Gasteiger partial charge in [-0.05, 0) is 31.9 Å². The minimum Gasteiger partial charge on any atom is -0.491 e. The molecule has 1 amide bonds. The number of rotatable bonds is 8. The number of hydrogen-bond donors (Lipinski definition) is 2. The third kappa shape index (κ3) is 6.30. The van der Waals surface area contributed by atoms with E-state index in [9.17, 15) is 9.90 Å². The number of carbonyl (C=O) groups is 1. The summed E-state index contributed by atoms with van der Waals surface area (Å²) >= 11 is 0. The van der Waals surface area contributed by atoms with Crippen molar-refractivity contribution in [2.24, 2.45) is 0 Å².